The normalized spacial score (nSPS) is 19.3. The van der Waals surface area contributed by atoms with Crippen LogP contribution >= 0.6 is 15.9 Å². The van der Waals surface area contributed by atoms with Gasteiger partial charge in [0.15, 0.2) is 0 Å². The number of benzene rings is 1. The Balaban J connectivity index is 1.90. The molecular formula is C13H17BrN2O. The first-order valence-corrected chi connectivity index (χ1v) is 6.71. The molecule has 1 unspecified atom stereocenters. The molecule has 1 aromatic carbocycles. The second kappa shape index (κ2) is 5.65. The van der Waals surface area contributed by atoms with E-state index in [0.717, 1.165) is 29.7 Å². The van der Waals surface area contributed by atoms with Gasteiger partial charge in [0.25, 0.3) is 0 Å². The molecule has 1 saturated heterocycles. The van der Waals surface area contributed by atoms with E-state index in [4.69, 9.17) is 0 Å². The van der Waals surface area contributed by atoms with E-state index in [2.05, 4.69) is 26.6 Å². The number of carbonyl (C=O) groups excluding carboxylic acids is 1. The van der Waals surface area contributed by atoms with E-state index >= 15 is 0 Å². The molecule has 0 saturated carbocycles. The zero-order valence-corrected chi connectivity index (χ0v) is 11.5. The molecule has 0 radical (unpaired) electrons. The number of carbonyl (C=O) groups is 1. The van der Waals surface area contributed by atoms with Crippen LogP contribution in [0.2, 0.25) is 0 Å². The van der Waals surface area contributed by atoms with Crippen LogP contribution in [0.3, 0.4) is 0 Å². The minimum absolute atomic E-state index is 0.106. The summed E-state index contributed by atoms with van der Waals surface area (Å²) in [6.07, 6.45) is 1.71. The summed E-state index contributed by atoms with van der Waals surface area (Å²) in [5, 5.41) is 6.21. The highest BCUT2D eigenvalue weighted by Gasteiger charge is 2.17. The highest BCUT2D eigenvalue weighted by Crippen LogP contribution is 2.21. The van der Waals surface area contributed by atoms with Crippen molar-refractivity contribution in [2.24, 2.45) is 5.92 Å². The van der Waals surface area contributed by atoms with Crippen molar-refractivity contribution in [3.05, 3.63) is 28.2 Å². The van der Waals surface area contributed by atoms with Crippen molar-refractivity contribution in [1.82, 2.24) is 5.32 Å². The summed E-state index contributed by atoms with van der Waals surface area (Å²) in [5.41, 5.74) is 2.03. The fraction of sp³-hybridized carbons (Fsp3) is 0.462. The predicted molar refractivity (Wildman–Crippen MR) is 73.1 cm³/mol. The molecule has 0 aliphatic carbocycles. The van der Waals surface area contributed by atoms with Crippen LogP contribution in [-0.4, -0.2) is 19.0 Å². The lowest BCUT2D eigenvalue weighted by molar-refractivity contribution is -0.116. The van der Waals surface area contributed by atoms with Gasteiger partial charge in [0.05, 0.1) is 0 Å². The predicted octanol–water partition coefficient (Wildman–Crippen LogP) is 2.70. The number of rotatable bonds is 3. The maximum Gasteiger partial charge on any atom is 0.224 e. The third kappa shape index (κ3) is 3.54. The Morgan fingerprint density at radius 3 is 3.06 bits per heavy atom. The van der Waals surface area contributed by atoms with Crippen molar-refractivity contribution in [1.29, 1.82) is 0 Å². The number of nitrogens with one attached hydrogen (secondary N) is 2. The average Bonchev–Trinajstić information content (AvgIpc) is 2.76. The van der Waals surface area contributed by atoms with Gasteiger partial charge in [-0.15, -0.1) is 0 Å². The van der Waals surface area contributed by atoms with E-state index in [1.165, 1.54) is 5.56 Å². The molecule has 2 N–H and O–H groups in total. The second-order valence-electron chi connectivity index (χ2n) is 4.58. The molecule has 2 rings (SSSR count). The van der Waals surface area contributed by atoms with E-state index in [-0.39, 0.29) is 5.91 Å². The van der Waals surface area contributed by atoms with Crippen molar-refractivity contribution in [2.75, 3.05) is 18.4 Å². The van der Waals surface area contributed by atoms with Gasteiger partial charge in [0.2, 0.25) is 5.91 Å². The molecule has 1 aliphatic rings. The van der Waals surface area contributed by atoms with E-state index < -0.39 is 0 Å². The number of aryl methyl sites for hydroxylation is 1. The van der Waals surface area contributed by atoms with Crippen molar-refractivity contribution in [3.8, 4) is 0 Å². The van der Waals surface area contributed by atoms with Gasteiger partial charge in [-0.25, -0.2) is 0 Å². The number of halogens is 1. The van der Waals surface area contributed by atoms with Gasteiger partial charge in [-0.05, 0) is 50.0 Å². The van der Waals surface area contributed by atoms with Gasteiger partial charge in [0.1, 0.15) is 0 Å². The summed E-state index contributed by atoms with van der Waals surface area (Å²) in [6, 6.07) is 5.88. The summed E-state index contributed by atoms with van der Waals surface area (Å²) in [6.45, 7) is 4.03. The van der Waals surface area contributed by atoms with Crippen LogP contribution in [0.5, 0.6) is 0 Å². The highest BCUT2D eigenvalue weighted by molar-refractivity contribution is 9.10. The number of anilines is 1. The third-order valence-electron chi connectivity index (χ3n) is 3.09. The molecule has 3 nitrogen and oxygen atoms in total. The summed E-state index contributed by atoms with van der Waals surface area (Å²) < 4.78 is 1.03. The molecule has 0 spiro atoms. The summed E-state index contributed by atoms with van der Waals surface area (Å²) in [7, 11) is 0. The highest BCUT2D eigenvalue weighted by atomic mass is 79.9. The minimum atomic E-state index is 0.106. The monoisotopic (exact) mass is 296 g/mol. The Hall–Kier alpha value is -0.870. The molecule has 1 amide bonds. The van der Waals surface area contributed by atoms with Crippen LogP contribution in [0, 0.1) is 12.8 Å². The standard InChI is InChI=1S/C13H17BrN2O/c1-9-2-3-11(7-12(9)14)16-13(17)6-10-4-5-15-8-10/h2-3,7,10,15H,4-6,8H2,1H3,(H,16,17). The molecule has 0 aromatic heterocycles. The first-order chi connectivity index (χ1) is 8.15. The van der Waals surface area contributed by atoms with Crippen LogP contribution < -0.4 is 10.6 Å². The Bertz CT molecular complexity index is 414. The SMILES string of the molecule is Cc1ccc(NC(=O)CC2CCNC2)cc1Br. The lowest BCUT2D eigenvalue weighted by atomic mass is 10.0. The van der Waals surface area contributed by atoms with Gasteiger partial charge >= 0.3 is 0 Å². The van der Waals surface area contributed by atoms with E-state index in [9.17, 15) is 4.79 Å². The lowest BCUT2D eigenvalue weighted by Gasteiger charge is -2.10. The fourth-order valence-electron chi connectivity index (χ4n) is 2.03. The molecule has 1 aliphatic heterocycles. The van der Waals surface area contributed by atoms with Gasteiger partial charge in [-0.2, -0.15) is 0 Å². The maximum absolute atomic E-state index is 11.8. The Labute approximate surface area is 110 Å². The van der Waals surface area contributed by atoms with E-state index in [1.807, 2.05) is 25.1 Å². The van der Waals surface area contributed by atoms with Crippen LogP contribution in [0.15, 0.2) is 22.7 Å². The van der Waals surface area contributed by atoms with Gasteiger partial charge < -0.3 is 10.6 Å². The molecule has 4 heteroatoms. The molecule has 1 fully saturated rings. The first-order valence-electron chi connectivity index (χ1n) is 5.92. The quantitative estimate of drug-likeness (QED) is 0.900. The Kier molecular flexibility index (Phi) is 4.18. The van der Waals surface area contributed by atoms with Crippen LogP contribution in [0.4, 0.5) is 5.69 Å². The van der Waals surface area contributed by atoms with Crippen LogP contribution in [0.25, 0.3) is 0 Å². The summed E-state index contributed by atoms with van der Waals surface area (Å²) in [5.74, 6) is 0.596. The topological polar surface area (TPSA) is 41.1 Å². The lowest BCUT2D eigenvalue weighted by Crippen LogP contribution is -2.18. The smallest absolute Gasteiger partial charge is 0.224 e. The fourth-order valence-corrected chi connectivity index (χ4v) is 2.41. The Morgan fingerprint density at radius 1 is 1.59 bits per heavy atom. The molecular weight excluding hydrogens is 280 g/mol. The zero-order chi connectivity index (χ0) is 12.3. The molecule has 1 heterocycles. The van der Waals surface area contributed by atoms with E-state index in [1.54, 1.807) is 0 Å². The molecule has 92 valence electrons. The van der Waals surface area contributed by atoms with Crippen molar-refractivity contribution in [3.63, 3.8) is 0 Å². The van der Waals surface area contributed by atoms with Gasteiger partial charge in [-0.1, -0.05) is 22.0 Å². The number of amides is 1. The van der Waals surface area contributed by atoms with Gasteiger partial charge in [-0.3, -0.25) is 4.79 Å². The third-order valence-corrected chi connectivity index (χ3v) is 3.95. The maximum atomic E-state index is 11.8. The molecule has 1 aromatic rings. The summed E-state index contributed by atoms with van der Waals surface area (Å²) >= 11 is 3.46. The average molecular weight is 297 g/mol. The Morgan fingerprint density at radius 2 is 2.41 bits per heavy atom. The zero-order valence-electron chi connectivity index (χ0n) is 9.92. The first kappa shape index (κ1) is 12.6. The second-order valence-corrected chi connectivity index (χ2v) is 5.43. The number of hydrogen-bond acceptors (Lipinski definition) is 2. The molecule has 17 heavy (non-hydrogen) atoms. The molecule has 0 bridgehead atoms. The largest absolute Gasteiger partial charge is 0.326 e. The van der Waals surface area contributed by atoms with Crippen molar-refractivity contribution < 1.29 is 4.79 Å². The van der Waals surface area contributed by atoms with Crippen molar-refractivity contribution in [2.45, 2.75) is 19.8 Å². The summed E-state index contributed by atoms with van der Waals surface area (Å²) in [4.78, 5) is 11.8. The van der Waals surface area contributed by atoms with Crippen molar-refractivity contribution >= 4 is 27.5 Å². The van der Waals surface area contributed by atoms with Gasteiger partial charge in [0, 0.05) is 16.6 Å². The van der Waals surface area contributed by atoms with Crippen LogP contribution in [0.1, 0.15) is 18.4 Å². The minimum Gasteiger partial charge on any atom is -0.326 e. The number of hydrogen-bond donors (Lipinski definition) is 2. The molecule has 1 atom stereocenters. The van der Waals surface area contributed by atoms with E-state index in [0.29, 0.717) is 12.3 Å². The van der Waals surface area contributed by atoms with Crippen LogP contribution in [-0.2, 0) is 4.79 Å².